The van der Waals surface area contributed by atoms with Crippen molar-refractivity contribution >= 4 is 17.6 Å². The third kappa shape index (κ3) is 19.6. The molecule has 29 heavy (non-hydrogen) atoms. The summed E-state index contributed by atoms with van der Waals surface area (Å²) in [7, 11) is 0. The van der Waals surface area contributed by atoms with Crippen molar-refractivity contribution in [3.8, 4) is 0 Å². The molecular formula is C22H44N2O5. The van der Waals surface area contributed by atoms with Crippen LogP contribution < -0.4 is 10.6 Å². The molecule has 0 unspecified atom stereocenters. The van der Waals surface area contributed by atoms with Crippen LogP contribution in [0.5, 0.6) is 0 Å². The van der Waals surface area contributed by atoms with E-state index in [9.17, 15) is 14.4 Å². The van der Waals surface area contributed by atoms with Crippen molar-refractivity contribution < 1.29 is 23.9 Å². The lowest BCUT2D eigenvalue weighted by Crippen LogP contribution is -2.45. The second-order valence-electron chi connectivity index (χ2n) is 11.0. The van der Waals surface area contributed by atoms with Gasteiger partial charge in [-0.05, 0) is 41.5 Å². The molecule has 172 valence electrons. The largest absolute Gasteiger partial charge is 0.368 e. The summed E-state index contributed by atoms with van der Waals surface area (Å²) >= 11 is 0. The molecular weight excluding hydrogens is 372 g/mol. The minimum Gasteiger partial charge on any atom is -0.368 e. The summed E-state index contributed by atoms with van der Waals surface area (Å²) in [5.41, 5.74) is -1.38. The second kappa shape index (κ2) is 11.6. The van der Waals surface area contributed by atoms with E-state index in [2.05, 4.69) is 10.6 Å². The maximum Gasteiger partial charge on any atom is 0.226 e. The van der Waals surface area contributed by atoms with Crippen LogP contribution in [-0.4, -0.2) is 48.7 Å². The Balaban J connectivity index is 0. The minimum absolute atomic E-state index is 0.0187. The van der Waals surface area contributed by atoms with Gasteiger partial charge in [-0.2, -0.15) is 0 Å². The average Bonchev–Trinajstić information content (AvgIpc) is 2.48. The van der Waals surface area contributed by atoms with Crippen LogP contribution >= 0.6 is 0 Å². The SMILES string of the molecule is CC(C)(C)C(=O)NCNC(=O)C(C)(C)C.CC(C)(C)OCC(=O)COC(C)(C)C. The molecule has 0 aromatic carbocycles. The van der Waals surface area contributed by atoms with Gasteiger partial charge in [-0.1, -0.05) is 41.5 Å². The Morgan fingerprint density at radius 2 is 0.862 bits per heavy atom. The van der Waals surface area contributed by atoms with Gasteiger partial charge in [0.1, 0.15) is 13.2 Å². The first-order valence-electron chi connectivity index (χ1n) is 10.0. The van der Waals surface area contributed by atoms with Crippen molar-refractivity contribution in [3.63, 3.8) is 0 Å². The van der Waals surface area contributed by atoms with Gasteiger partial charge >= 0.3 is 0 Å². The predicted octanol–water partition coefficient (Wildman–Crippen LogP) is 3.45. The van der Waals surface area contributed by atoms with Gasteiger partial charge in [0.05, 0.1) is 17.9 Å². The number of ketones is 1. The normalized spacial score (nSPS) is 12.6. The topological polar surface area (TPSA) is 93.7 Å². The number of nitrogens with one attached hydrogen (secondary N) is 2. The van der Waals surface area contributed by atoms with Crippen LogP contribution in [-0.2, 0) is 23.9 Å². The molecule has 2 amide bonds. The van der Waals surface area contributed by atoms with Gasteiger partial charge in [0.2, 0.25) is 11.8 Å². The smallest absolute Gasteiger partial charge is 0.226 e. The van der Waals surface area contributed by atoms with Crippen LogP contribution in [0.1, 0.15) is 83.1 Å². The summed E-state index contributed by atoms with van der Waals surface area (Å²) in [6.07, 6.45) is 0. The molecule has 7 heteroatoms. The summed E-state index contributed by atoms with van der Waals surface area (Å²) in [6.45, 7) is 22.9. The number of amides is 2. The third-order valence-corrected chi connectivity index (χ3v) is 3.19. The highest BCUT2D eigenvalue weighted by Crippen LogP contribution is 2.13. The summed E-state index contributed by atoms with van der Waals surface area (Å²) in [6, 6.07) is 0. The third-order valence-electron chi connectivity index (χ3n) is 3.19. The maximum absolute atomic E-state index is 11.4. The van der Waals surface area contributed by atoms with Crippen LogP contribution in [0.4, 0.5) is 0 Å². The predicted molar refractivity (Wildman–Crippen MR) is 116 cm³/mol. The number of ether oxygens (including phenoxy) is 2. The fraction of sp³-hybridized carbons (Fsp3) is 0.864. The number of Topliss-reactive ketones (excluding diaryl/α,β-unsaturated/α-hetero) is 1. The van der Waals surface area contributed by atoms with Crippen molar-refractivity contribution in [1.82, 2.24) is 10.6 Å². The van der Waals surface area contributed by atoms with E-state index in [0.717, 1.165) is 0 Å². The molecule has 0 bridgehead atoms. The molecule has 0 saturated carbocycles. The number of hydrogen-bond donors (Lipinski definition) is 2. The molecule has 0 saturated heterocycles. The maximum atomic E-state index is 11.4. The average molecular weight is 417 g/mol. The quantitative estimate of drug-likeness (QED) is 0.647. The first-order chi connectivity index (χ1) is 12.6. The Morgan fingerprint density at radius 1 is 0.586 bits per heavy atom. The van der Waals surface area contributed by atoms with Crippen molar-refractivity contribution in [2.24, 2.45) is 10.8 Å². The highest BCUT2D eigenvalue weighted by atomic mass is 16.5. The lowest BCUT2D eigenvalue weighted by molar-refractivity contribution is -0.137. The van der Waals surface area contributed by atoms with Crippen LogP contribution in [0.2, 0.25) is 0 Å². The van der Waals surface area contributed by atoms with Gasteiger partial charge in [0.25, 0.3) is 0 Å². The van der Waals surface area contributed by atoms with Crippen molar-refractivity contribution in [1.29, 1.82) is 0 Å². The number of carbonyl (C=O) groups is 3. The molecule has 0 spiro atoms. The van der Waals surface area contributed by atoms with Crippen LogP contribution in [0.25, 0.3) is 0 Å². The summed E-state index contributed by atoms with van der Waals surface area (Å²) in [5.74, 6) is -0.164. The van der Waals surface area contributed by atoms with Gasteiger partial charge < -0.3 is 20.1 Å². The Hall–Kier alpha value is -1.47. The molecule has 0 atom stereocenters. The lowest BCUT2D eigenvalue weighted by atomic mass is 9.95. The van der Waals surface area contributed by atoms with E-state index in [1.54, 1.807) is 0 Å². The molecule has 7 nitrogen and oxygen atoms in total. The molecule has 0 fully saturated rings. The van der Waals surface area contributed by atoms with E-state index in [-0.39, 0.29) is 48.7 Å². The fourth-order valence-corrected chi connectivity index (χ4v) is 1.37. The summed E-state index contributed by atoms with van der Waals surface area (Å²) in [4.78, 5) is 34.2. The highest BCUT2D eigenvalue weighted by Gasteiger charge is 2.23. The van der Waals surface area contributed by atoms with E-state index in [4.69, 9.17) is 9.47 Å². The Labute approximate surface area is 177 Å². The van der Waals surface area contributed by atoms with Gasteiger partial charge in [-0.3, -0.25) is 14.4 Å². The number of rotatable bonds is 6. The van der Waals surface area contributed by atoms with Crippen molar-refractivity contribution in [2.75, 3.05) is 19.9 Å². The molecule has 0 aliphatic carbocycles. The Bertz CT molecular complexity index is 483. The van der Waals surface area contributed by atoms with E-state index in [1.807, 2.05) is 83.1 Å². The van der Waals surface area contributed by atoms with Crippen LogP contribution in [0.15, 0.2) is 0 Å². The summed E-state index contributed by atoms with van der Waals surface area (Å²) < 4.78 is 10.7. The zero-order valence-electron chi connectivity index (χ0n) is 20.7. The first-order valence-corrected chi connectivity index (χ1v) is 10.0. The molecule has 0 aromatic heterocycles. The Kier molecular flexibility index (Phi) is 11.9. The molecule has 0 aromatic rings. The highest BCUT2D eigenvalue weighted by molar-refractivity contribution is 5.83. The van der Waals surface area contributed by atoms with E-state index < -0.39 is 10.8 Å². The van der Waals surface area contributed by atoms with Gasteiger partial charge in [-0.25, -0.2) is 0 Å². The summed E-state index contributed by atoms with van der Waals surface area (Å²) in [5, 5.41) is 5.31. The van der Waals surface area contributed by atoms with E-state index >= 15 is 0 Å². The van der Waals surface area contributed by atoms with E-state index in [1.165, 1.54) is 0 Å². The molecule has 0 heterocycles. The zero-order valence-corrected chi connectivity index (χ0v) is 20.7. The lowest BCUT2D eigenvalue weighted by Gasteiger charge is -2.21. The van der Waals surface area contributed by atoms with Crippen molar-refractivity contribution in [2.45, 2.75) is 94.3 Å². The number of hydrogen-bond acceptors (Lipinski definition) is 5. The van der Waals surface area contributed by atoms with Crippen molar-refractivity contribution in [3.05, 3.63) is 0 Å². The van der Waals surface area contributed by atoms with Crippen LogP contribution in [0, 0.1) is 10.8 Å². The molecule has 0 aliphatic rings. The second-order valence-corrected chi connectivity index (χ2v) is 11.0. The van der Waals surface area contributed by atoms with Gasteiger partial charge in [0.15, 0.2) is 5.78 Å². The zero-order chi connectivity index (χ0) is 23.7. The van der Waals surface area contributed by atoms with Crippen LogP contribution in [0.3, 0.4) is 0 Å². The molecule has 0 rings (SSSR count). The fourth-order valence-electron chi connectivity index (χ4n) is 1.37. The van der Waals surface area contributed by atoms with E-state index in [0.29, 0.717) is 0 Å². The minimum atomic E-state index is -0.424. The Morgan fingerprint density at radius 3 is 1.07 bits per heavy atom. The molecule has 0 aliphatic heterocycles. The first kappa shape index (κ1) is 29.7. The standard InChI is InChI=1S/C11H22N2O2.C11H22O3/c1-10(2,3)8(14)12-7-13-9(15)11(4,5)6;1-10(2,3)13-7-9(12)8-14-11(4,5)6/h7H2,1-6H3,(H,12,14)(H,13,15);7-8H2,1-6H3. The molecule has 0 radical (unpaired) electrons. The number of carbonyl (C=O) groups excluding carboxylic acids is 3. The molecule has 2 N–H and O–H groups in total. The van der Waals surface area contributed by atoms with Gasteiger partial charge in [-0.15, -0.1) is 0 Å². The van der Waals surface area contributed by atoms with Gasteiger partial charge in [0, 0.05) is 10.8 Å². The monoisotopic (exact) mass is 416 g/mol.